The Balaban J connectivity index is 2.02. The second-order valence-electron chi connectivity index (χ2n) is 5.06. The largest absolute Gasteiger partial charge is 0.317 e. The Morgan fingerprint density at radius 2 is 2.06 bits per heavy atom. The zero-order valence-corrected chi connectivity index (χ0v) is 10.5. The van der Waals surface area contributed by atoms with Gasteiger partial charge >= 0.3 is 0 Å². The molecule has 0 amide bonds. The second kappa shape index (κ2) is 4.95. The maximum atomic E-state index is 4.63. The van der Waals surface area contributed by atoms with E-state index in [-0.39, 0.29) is 0 Å². The fraction of sp³-hybridized carbons (Fsp3) is 0.833. The van der Waals surface area contributed by atoms with Gasteiger partial charge in [0.05, 0.1) is 0 Å². The lowest BCUT2D eigenvalue weighted by molar-refractivity contribution is 0.363. The van der Waals surface area contributed by atoms with E-state index < -0.39 is 0 Å². The van der Waals surface area contributed by atoms with Crippen LogP contribution in [0.5, 0.6) is 0 Å². The van der Waals surface area contributed by atoms with E-state index in [1.807, 2.05) is 11.7 Å². The zero-order valence-electron chi connectivity index (χ0n) is 10.5. The lowest BCUT2D eigenvalue weighted by atomic mass is 9.94. The minimum absolute atomic E-state index is 0.424. The van der Waals surface area contributed by atoms with Crippen molar-refractivity contribution in [3.8, 4) is 0 Å². The Labute approximate surface area is 97.5 Å². The van der Waals surface area contributed by atoms with Crippen molar-refractivity contribution in [2.24, 2.45) is 13.0 Å². The van der Waals surface area contributed by atoms with E-state index in [2.05, 4.69) is 29.2 Å². The Hall–Kier alpha value is -0.900. The molecule has 4 nitrogen and oxygen atoms in total. The summed E-state index contributed by atoms with van der Waals surface area (Å²) in [5, 5.41) is 7.86. The topological polar surface area (TPSA) is 42.7 Å². The van der Waals surface area contributed by atoms with Crippen molar-refractivity contribution in [3.05, 3.63) is 11.6 Å². The molecule has 0 bridgehead atoms. The molecule has 1 N–H and O–H groups in total. The third kappa shape index (κ3) is 2.61. The molecule has 16 heavy (non-hydrogen) atoms. The first kappa shape index (κ1) is 11.6. The van der Waals surface area contributed by atoms with Crippen molar-refractivity contribution in [1.82, 2.24) is 20.1 Å². The molecule has 90 valence electrons. The fourth-order valence-electron chi connectivity index (χ4n) is 2.20. The van der Waals surface area contributed by atoms with Gasteiger partial charge in [0.15, 0.2) is 5.82 Å². The van der Waals surface area contributed by atoms with Crippen molar-refractivity contribution >= 4 is 0 Å². The summed E-state index contributed by atoms with van der Waals surface area (Å²) in [4.78, 5) is 4.63. The molecule has 0 atom stereocenters. The number of hydrogen-bond acceptors (Lipinski definition) is 3. The SMILES string of the molecule is CC(C)c1nc(CC2CCNCC2)n(C)n1. The first-order chi connectivity index (χ1) is 7.66. The van der Waals surface area contributed by atoms with Crippen molar-refractivity contribution in [1.29, 1.82) is 0 Å². The highest BCUT2D eigenvalue weighted by atomic mass is 15.3. The molecule has 0 saturated carbocycles. The van der Waals surface area contributed by atoms with E-state index in [1.54, 1.807) is 0 Å². The normalized spacial score (nSPS) is 18.2. The number of nitrogens with one attached hydrogen (secondary N) is 1. The van der Waals surface area contributed by atoms with E-state index in [4.69, 9.17) is 0 Å². The van der Waals surface area contributed by atoms with Crippen LogP contribution in [0, 0.1) is 5.92 Å². The zero-order chi connectivity index (χ0) is 11.5. The maximum Gasteiger partial charge on any atom is 0.153 e. The molecule has 0 aromatic carbocycles. The van der Waals surface area contributed by atoms with E-state index >= 15 is 0 Å². The molecule has 1 fully saturated rings. The van der Waals surface area contributed by atoms with E-state index in [1.165, 1.54) is 12.8 Å². The van der Waals surface area contributed by atoms with Gasteiger partial charge in [0, 0.05) is 19.4 Å². The van der Waals surface area contributed by atoms with Gasteiger partial charge in [-0.2, -0.15) is 5.10 Å². The summed E-state index contributed by atoms with van der Waals surface area (Å²) in [7, 11) is 2.01. The van der Waals surface area contributed by atoms with Gasteiger partial charge < -0.3 is 5.32 Å². The molecule has 1 aliphatic rings. The van der Waals surface area contributed by atoms with Crippen LogP contribution in [0.4, 0.5) is 0 Å². The Bertz CT molecular complexity index is 337. The monoisotopic (exact) mass is 222 g/mol. The van der Waals surface area contributed by atoms with E-state index in [9.17, 15) is 0 Å². The lowest BCUT2D eigenvalue weighted by Crippen LogP contribution is -2.29. The van der Waals surface area contributed by atoms with Crippen LogP contribution in [0.1, 0.15) is 44.3 Å². The minimum Gasteiger partial charge on any atom is -0.317 e. The van der Waals surface area contributed by atoms with Gasteiger partial charge in [-0.1, -0.05) is 13.8 Å². The van der Waals surface area contributed by atoms with Crippen LogP contribution in [0.3, 0.4) is 0 Å². The standard InChI is InChI=1S/C12H22N4/c1-9(2)12-14-11(16(3)15-12)8-10-4-6-13-7-5-10/h9-10,13H,4-8H2,1-3H3. The summed E-state index contributed by atoms with van der Waals surface area (Å²) < 4.78 is 1.96. The van der Waals surface area contributed by atoms with Crippen molar-refractivity contribution < 1.29 is 0 Å². The molecule has 2 heterocycles. The van der Waals surface area contributed by atoms with Gasteiger partial charge in [0.1, 0.15) is 5.82 Å². The minimum atomic E-state index is 0.424. The van der Waals surface area contributed by atoms with Crippen LogP contribution in [-0.2, 0) is 13.5 Å². The van der Waals surface area contributed by atoms with Gasteiger partial charge in [-0.25, -0.2) is 4.98 Å². The smallest absolute Gasteiger partial charge is 0.153 e. The summed E-state index contributed by atoms with van der Waals surface area (Å²) in [5.74, 6) is 3.33. The third-order valence-electron chi connectivity index (χ3n) is 3.32. The average Bonchev–Trinajstić information content (AvgIpc) is 2.62. The highest BCUT2D eigenvalue weighted by Gasteiger charge is 2.17. The predicted molar refractivity (Wildman–Crippen MR) is 64.4 cm³/mol. The average molecular weight is 222 g/mol. The van der Waals surface area contributed by atoms with Crippen LogP contribution >= 0.6 is 0 Å². The molecule has 4 heteroatoms. The summed E-state index contributed by atoms with van der Waals surface area (Å²) >= 11 is 0. The molecule has 1 aromatic heterocycles. The van der Waals surface area contributed by atoms with Gasteiger partial charge in [-0.3, -0.25) is 4.68 Å². The molecule has 1 aromatic rings. The molecular formula is C12H22N4. The first-order valence-corrected chi connectivity index (χ1v) is 6.27. The van der Waals surface area contributed by atoms with Gasteiger partial charge in [0.25, 0.3) is 0 Å². The van der Waals surface area contributed by atoms with Crippen LogP contribution in [-0.4, -0.2) is 27.9 Å². The lowest BCUT2D eigenvalue weighted by Gasteiger charge is -2.21. The van der Waals surface area contributed by atoms with Crippen molar-refractivity contribution in [2.45, 2.75) is 39.0 Å². The van der Waals surface area contributed by atoms with Crippen LogP contribution in [0.25, 0.3) is 0 Å². The molecule has 1 aliphatic heterocycles. The number of nitrogens with zero attached hydrogens (tertiary/aromatic N) is 3. The predicted octanol–water partition coefficient (Wildman–Crippen LogP) is 1.48. The van der Waals surface area contributed by atoms with Crippen LogP contribution in [0.15, 0.2) is 0 Å². The maximum absolute atomic E-state index is 4.63. The summed E-state index contributed by atoms with van der Waals surface area (Å²) in [5.41, 5.74) is 0. The Morgan fingerprint density at radius 3 is 2.62 bits per heavy atom. The number of aryl methyl sites for hydroxylation is 1. The Morgan fingerprint density at radius 1 is 1.38 bits per heavy atom. The van der Waals surface area contributed by atoms with Gasteiger partial charge in [-0.15, -0.1) is 0 Å². The van der Waals surface area contributed by atoms with Crippen LogP contribution < -0.4 is 5.32 Å². The highest BCUT2D eigenvalue weighted by Crippen LogP contribution is 2.18. The number of hydrogen-bond donors (Lipinski definition) is 1. The molecule has 0 aliphatic carbocycles. The first-order valence-electron chi connectivity index (χ1n) is 6.27. The van der Waals surface area contributed by atoms with Gasteiger partial charge in [0.2, 0.25) is 0 Å². The summed E-state index contributed by atoms with van der Waals surface area (Å²) in [6.07, 6.45) is 3.62. The number of rotatable bonds is 3. The van der Waals surface area contributed by atoms with E-state index in [0.29, 0.717) is 5.92 Å². The molecule has 0 spiro atoms. The molecule has 0 unspecified atom stereocenters. The third-order valence-corrected chi connectivity index (χ3v) is 3.32. The van der Waals surface area contributed by atoms with Crippen molar-refractivity contribution in [3.63, 3.8) is 0 Å². The Kier molecular flexibility index (Phi) is 3.59. The summed E-state index contributed by atoms with van der Waals surface area (Å²) in [6.45, 7) is 6.59. The molecule has 0 radical (unpaired) electrons. The number of piperidine rings is 1. The fourth-order valence-corrected chi connectivity index (χ4v) is 2.20. The van der Waals surface area contributed by atoms with E-state index in [0.717, 1.165) is 37.1 Å². The van der Waals surface area contributed by atoms with Crippen molar-refractivity contribution in [2.75, 3.05) is 13.1 Å². The highest BCUT2D eigenvalue weighted by molar-refractivity contribution is 4.98. The summed E-state index contributed by atoms with van der Waals surface area (Å²) in [6, 6.07) is 0. The van der Waals surface area contributed by atoms with Gasteiger partial charge in [-0.05, 0) is 31.8 Å². The second-order valence-corrected chi connectivity index (χ2v) is 5.06. The van der Waals surface area contributed by atoms with Crippen LogP contribution in [0.2, 0.25) is 0 Å². The number of aromatic nitrogens is 3. The quantitative estimate of drug-likeness (QED) is 0.842. The molecule has 1 saturated heterocycles. The molecule has 2 rings (SSSR count). The molecular weight excluding hydrogens is 200 g/mol.